The van der Waals surface area contributed by atoms with Crippen molar-refractivity contribution in [2.24, 2.45) is 0 Å². The maximum atomic E-state index is 12.1. The molecule has 3 heterocycles. The van der Waals surface area contributed by atoms with E-state index in [2.05, 4.69) is 6.92 Å². The second kappa shape index (κ2) is 5.27. The minimum absolute atomic E-state index is 0.356. The molecule has 0 fully saturated rings. The van der Waals surface area contributed by atoms with E-state index >= 15 is 0 Å². The fraction of sp³-hybridized carbons (Fsp3) is 0.600. The number of unbranched alkanes of at least 4 members (excludes halogenated alkanes) is 6. The minimum atomic E-state index is -3.48. The van der Waals surface area contributed by atoms with Gasteiger partial charge in [0.15, 0.2) is 5.75 Å². The third-order valence-corrected chi connectivity index (χ3v) is 5.44. The monoisotopic (exact) mass is 326 g/mol. The molecule has 0 saturated carbocycles. The van der Waals surface area contributed by atoms with Crippen LogP contribution in [0.1, 0.15) is 57.4 Å². The summed E-state index contributed by atoms with van der Waals surface area (Å²) in [6, 6.07) is 0. The second-order valence-corrected chi connectivity index (χ2v) is 7.33. The smallest absolute Gasteiger partial charge is 0.381 e. The molecule has 1 atom stereocenters. The molecular formula is C15H19O6P. The van der Waals surface area contributed by atoms with Crippen molar-refractivity contribution in [1.82, 2.24) is 0 Å². The van der Waals surface area contributed by atoms with Crippen LogP contribution < -0.4 is 13.6 Å². The van der Waals surface area contributed by atoms with Crippen molar-refractivity contribution < 1.29 is 27.3 Å². The summed E-state index contributed by atoms with van der Waals surface area (Å²) in [7, 11) is -3.48. The zero-order valence-electron chi connectivity index (χ0n) is 12.6. The Morgan fingerprint density at radius 3 is 2.09 bits per heavy atom. The van der Waals surface area contributed by atoms with Gasteiger partial charge in [0.1, 0.15) is 0 Å². The molecule has 4 rings (SSSR count). The summed E-state index contributed by atoms with van der Waals surface area (Å²) in [5, 5.41) is 0. The van der Waals surface area contributed by atoms with Gasteiger partial charge in [0.2, 0.25) is 17.1 Å². The first-order valence-electron chi connectivity index (χ1n) is 7.98. The van der Waals surface area contributed by atoms with Crippen LogP contribution in [-0.4, -0.2) is 0 Å². The van der Waals surface area contributed by atoms with Crippen molar-refractivity contribution >= 4 is 19.0 Å². The van der Waals surface area contributed by atoms with Gasteiger partial charge >= 0.3 is 7.82 Å². The van der Waals surface area contributed by atoms with Crippen LogP contribution in [0.15, 0.2) is 9.15 Å². The van der Waals surface area contributed by atoms with Gasteiger partial charge < -0.3 is 13.6 Å². The Morgan fingerprint density at radius 2 is 1.41 bits per heavy atom. The normalized spacial score (nSPS) is 21.1. The Labute approximate surface area is 128 Å². The van der Waals surface area contributed by atoms with Gasteiger partial charge in [0, 0.05) is 0 Å². The van der Waals surface area contributed by atoms with Gasteiger partial charge in [-0.2, -0.15) is 4.57 Å². The lowest BCUT2D eigenvalue weighted by molar-refractivity contribution is 0.0559. The van der Waals surface area contributed by atoms with Gasteiger partial charge in [-0.3, -0.25) is 9.15 Å². The van der Waals surface area contributed by atoms with Crippen molar-refractivity contribution in [3.05, 3.63) is 5.56 Å². The van der Waals surface area contributed by atoms with Gasteiger partial charge in [0.05, 0.1) is 5.56 Å². The quantitative estimate of drug-likeness (QED) is 0.358. The Hall–Kier alpha value is -1.55. The van der Waals surface area contributed by atoms with Crippen molar-refractivity contribution in [2.45, 2.75) is 58.3 Å². The van der Waals surface area contributed by atoms with E-state index in [9.17, 15) is 4.57 Å². The van der Waals surface area contributed by atoms with Crippen LogP contribution in [0.3, 0.4) is 0 Å². The fourth-order valence-electron chi connectivity index (χ4n) is 3.04. The SMILES string of the molecule is CCCCCCCCCc1c2c3c(c4ooc14)OP(=O)(O2)O3. The van der Waals surface area contributed by atoms with E-state index in [1.54, 1.807) is 0 Å². The van der Waals surface area contributed by atoms with Crippen LogP contribution in [0.5, 0.6) is 17.2 Å². The first kappa shape index (κ1) is 14.1. The third-order valence-electron chi connectivity index (χ3n) is 4.22. The Morgan fingerprint density at radius 1 is 0.773 bits per heavy atom. The molecule has 0 saturated heterocycles. The summed E-state index contributed by atoms with van der Waals surface area (Å²) in [6.07, 6.45) is 9.39. The van der Waals surface area contributed by atoms with Crippen molar-refractivity contribution in [3.63, 3.8) is 0 Å². The maximum Gasteiger partial charge on any atom is 0.647 e. The largest absolute Gasteiger partial charge is 0.647 e. The van der Waals surface area contributed by atoms with Gasteiger partial charge in [-0.25, -0.2) is 0 Å². The van der Waals surface area contributed by atoms with Crippen LogP contribution in [0.25, 0.3) is 11.2 Å². The van der Waals surface area contributed by atoms with Gasteiger partial charge in [-0.05, 0) is 12.8 Å². The number of hydrogen-bond acceptors (Lipinski definition) is 6. The lowest BCUT2D eigenvalue weighted by atomic mass is 10.0. The number of fused-ring (bicyclic) bond motifs is 3. The molecule has 22 heavy (non-hydrogen) atoms. The topological polar surface area (TPSA) is 71.0 Å². The molecule has 1 aromatic heterocycles. The minimum Gasteiger partial charge on any atom is -0.381 e. The summed E-state index contributed by atoms with van der Waals surface area (Å²) < 4.78 is 37.9. The van der Waals surface area contributed by atoms with Crippen molar-refractivity contribution in [2.75, 3.05) is 0 Å². The first-order chi connectivity index (χ1) is 10.7. The molecule has 0 amide bonds. The molecule has 7 heteroatoms. The van der Waals surface area contributed by atoms with E-state index in [1.807, 2.05) is 0 Å². The van der Waals surface area contributed by atoms with E-state index in [0.29, 0.717) is 28.4 Å². The second-order valence-electron chi connectivity index (χ2n) is 5.88. The molecule has 1 unspecified atom stereocenters. The molecular weight excluding hydrogens is 307 g/mol. The summed E-state index contributed by atoms with van der Waals surface area (Å²) in [5.74, 6) is 1.27. The fourth-order valence-corrected chi connectivity index (χ4v) is 4.35. The molecule has 0 radical (unpaired) electrons. The van der Waals surface area contributed by atoms with Gasteiger partial charge in [0.25, 0.3) is 5.58 Å². The molecule has 2 aliphatic rings. The summed E-state index contributed by atoms with van der Waals surface area (Å²) in [6.45, 7) is 2.22. The number of hydrogen-bond donors (Lipinski definition) is 0. The Balaban J connectivity index is 1.43. The molecule has 2 aromatic rings. The molecule has 1 aromatic carbocycles. The molecule has 2 aliphatic heterocycles. The molecule has 0 N–H and O–H groups in total. The summed E-state index contributed by atoms with van der Waals surface area (Å²) in [5.41, 5.74) is 2.00. The van der Waals surface area contributed by atoms with Crippen LogP contribution in [-0.2, 0) is 11.0 Å². The molecule has 120 valence electrons. The zero-order valence-corrected chi connectivity index (χ0v) is 13.4. The van der Waals surface area contributed by atoms with Crippen molar-refractivity contribution in [1.29, 1.82) is 0 Å². The van der Waals surface area contributed by atoms with Crippen LogP contribution in [0.4, 0.5) is 0 Å². The Kier molecular flexibility index (Phi) is 3.37. The van der Waals surface area contributed by atoms with Gasteiger partial charge in [-0.15, -0.1) is 0 Å². The highest BCUT2D eigenvalue weighted by Gasteiger charge is 2.54. The molecule has 0 aliphatic carbocycles. The van der Waals surface area contributed by atoms with E-state index in [4.69, 9.17) is 22.7 Å². The molecule has 2 bridgehead atoms. The highest BCUT2D eigenvalue weighted by molar-refractivity contribution is 7.50. The average molecular weight is 326 g/mol. The predicted octanol–water partition coefficient (Wildman–Crippen LogP) is 5.59. The van der Waals surface area contributed by atoms with E-state index < -0.39 is 7.82 Å². The average Bonchev–Trinajstić information content (AvgIpc) is 2.96. The van der Waals surface area contributed by atoms with E-state index in [1.165, 1.54) is 32.1 Å². The molecule has 6 nitrogen and oxygen atoms in total. The maximum absolute atomic E-state index is 12.1. The van der Waals surface area contributed by atoms with E-state index in [0.717, 1.165) is 24.8 Å². The highest BCUT2D eigenvalue weighted by atomic mass is 31.2. The number of benzene rings is 1. The number of phosphoric ester groups is 1. The standard InChI is InChI=1S/C15H19O6P/c1-2-3-4-5-6-7-8-9-10-11-13(18-17-11)15-14-12(10)19-22(16,20-14)21-15/h2-9H2,1H3. The van der Waals surface area contributed by atoms with Gasteiger partial charge in [-0.1, -0.05) is 45.4 Å². The lowest BCUT2D eigenvalue weighted by Crippen LogP contribution is -2.02. The number of rotatable bonds is 8. The summed E-state index contributed by atoms with van der Waals surface area (Å²) >= 11 is 0. The Bertz CT molecular complexity index is 743. The predicted molar refractivity (Wildman–Crippen MR) is 79.7 cm³/mol. The van der Waals surface area contributed by atoms with E-state index in [-0.39, 0.29) is 0 Å². The number of aryl methyl sites for hydroxylation is 1. The third kappa shape index (κ3) is 2.12. The lowest BCUT2D eigenvalue weighted by Gasteiger charge is -2.15. The first-order valence-corrected chi connectivity index (χ1v) is 9.44. The number of phosphoric acid groups is 1. The van der Waals surface area contributed by atoms with Crippen LogP contribution >= 0.6 is 7.82 Å². The zero-order chi connectivity index (χ0) is 15.2. The highest BCUT2D eigenvalue weighted by Crippen LogP contribution is 2.72. The van der Waals surface area contributed by atoms with Crippen molar-refractivity contribution in [3.8, 4) is 17.2 Å². The molecule has 0 spiro atoms. The summed E-state index contributed by atoms with van der Waals surface area (Å²) in [4.78, 5) is 0. The van der Waals surface area contributed by atoms with Crippen LogP contribution in [0.2, 0.25) is 0 Å². The van der Waals surface area contributed by atoms with Crippen LogP contribution in [0, 0.1) is 0 Å².